The highest BCUT2D eigenvalue weighted by Gasteiger charge is 2.22. The van der Waals surface area contributed by atoms with Gasteiger partial charge in [0.15, 0.2) is 5.82 Å². The van der Waals surface area contributed by atoms with Crippen molar-refractivity contribution >= 4 is 28.6 Å². The summed E-state index contributed by atoms with van der Waals surface area (Å²) >= 11 is 0. The van der Waals surface area contributed by atoms with Crippen molar-refractivity contribution in [1.82, 2.24) is 35.0 Å². The Morgan fingerprint density at radius 2 is 2.24 bits per heavy atom. The van der Waals surface area contributed by atoms with E-state index in [1.807, 2.05) is 17.7 Å². The number of nitrogens with zero attached hydrogens (tertiary/aromatic N) is 7. The van der Waals surface area contributed by atoms with Crippen molar-refractivity contribution in [2.24, 2.45) is 0 Å². The van der Waals surface area contributed by atoms with Crippen LogP contribution in [0.2, 0.25) is 0 Å². The van der Waals surface area contributed by atoms with E-state index in [4.69, 9.17) is 14.7 Å². The van der Waals surface area contributed by atoms with Gasteiger partial charge in [-0.2, -0.15) is 10.1 Å². The predicted molar refractivity (Wildman–Crippen MR) is 111 cm³/mol. The van der Waals surface area contributed by atoms with Crippen LogP contribution in [0.4, 0.5) is 17.6 Å². The summed E-state index contributed by atoms with van der Waals surface area (Å²) in [7, 11) is 0. The van der Waals surface area contributed by atoms with E-state index in [0.29, 0.717) is 43.4 Å². The highest BCUT2D eigenvalue weighted by molar-refractivity contribution is 5.88. The highest BCUT2D eigenvalue weighted by Crippen LogP contribution is 2.26. The summed E-state index contributed by atoms with van der Waals surface area (Å²) in [5.74, 6) is 2.07. The fourth-order valence-electron chi connectivity index (χ4n) is 3.45. The van der Waals surface area contributed by atoms with Crippen LogP contribution < -0.4 is 15.5 Å². The van der Waals surface area contributed by atoms with Gasteiger partial charge in [-0.3, -0.25) is 4.68 Å². The minimum Gasteiger partial charge on any atom is -0.380 e. The molecule has 10 heteroatoms. The van der Waals surface area contributed by atoms with Crippen LogP contribution in [-0.4, -0.2) is 68.6 Å². The maximum absolute atomic E-state index is 5.50. The number of anilines is 3. The smallest absolute Gasteiger partial charge is 0.228 e. The van der Waals surface area contributed by atoms with Crippen LogP contribution in [0.15, 0.2) is 24.8 Å². The van der Waals surface area contributed by atoms with Gasteiger partial charge in [-0.1, -0.05) is 6.92 Å². The molecule has 1 atom stereocenters. The minimum absolute atomic E-state index is 0.440. The third kappa shape index (κ3) is 4.43. The normalized spacial score (nSPS) is 17.0. The number of hydrogen-bond donors (Lipinski definition) is 2. The molecule has 154 valence electrons. The number of fused-ring (bicyclic) bond motifs is 1. The van der Waals surface area contributed by atoms with Crippen LogP contribution in [0.1, 0.15) is 20.3 Å². The molecule has 2 N–H and O–H groups in total. The summed E-state index contributed by atoms with van der Waals surface area (Å²) in [5, 5.41) is 11.4. The third-order valence-electron chi connectivity index (χ3n) is 4.99. The van der Waals surface area contributed by atoms with Crippen LogP contribution in [0.5, 0.6) is 0 Å². The van der Waals surface area contributed by atoms with E-state index >= 15 is 0 Å². The molecule has 0 amide bonds. The summed E-state index contributed by atoms with van der Waals surface area (Å²) in [6.07, 6.45) is 6.07. The Balaban J connectivity index is 1.71. The maximum atomic E-state index is 5.50. The molecule has 29 heavy (non-hydrogen) atoms. The molecule has 1 aliphatic rings. The molecule has 3 aromatic heterocycles. The Morgan fingerprint density at radius 3 is 3.03 bits per heavy atom. The Labute approximate surface area is 169 Å². The largest absolute Gasteiger partial charge is 0.380 e. The van der Waals surface area contributed by atoms with E-state index in [2.05, 4.69) is 37.5 Å². The van der Waals surface area contributed by atoms with Gasteiger partial charge in [0.2, 0.25) is 5.95 Å². The van der Waals surface area contributed by atoms with Gasteiger partial charge in [0.05, 0.1) is 19.3 Å². The van der Waals surface area contributed by atoms with Gasteiger partial charge in [-0.15, -0.1) is 0 Å². The second-order valence-electron chi connectivity index (χ2n) is 6.90. The number of piperazine rings is 1. The summed E-state index contributed by atoms with van der Waals surface area (Å²) in [4.78, 5) is 20.2. The van der Waals surface area contributed by atoms with Crippen molar-refractivity contribution in [1.29, 1.82) is 0 Å². The first kappa shape index (κ1) is 19.5. The minimum atomic E-state index is 0.440. The molecule has 0 saturated carbocycles. The topological polar surface area (TPSA) is 106 Å². The van der Waals surface area contributed by atoms with E-state index in [9.17, 15) is 0 Å². The average molecular weight is 397 g/mol. The summed E-state index contributed by atoms with van der Waals surface area (Å²) in [6, 6.07) is 2.25. The molecule has 3 aromatic rings. The molecule has 0 aromatic carbocycles. The van der Waals surface area contributed by atoms with E-state index in [1.54, 1.807) is 12.4 Å². The zero-order valence-corrected chi connectivity index (χ0v) is 16.9. The first-order chi connectivity index (χ1) is 14.3. The van der Waals surface area contributed by atoms with Crippen molar-refractivity contribution < 1.29 is 4.74 Å². The molecule has 0 spiro atoms. The molecule has 0 bridgehead atoms. The van der Waals surface area contributed by atoms with Crippen molar-refractivity contribution in [2.45, 2.75) is 32.9 Å². The summed E-state index contributed by atoms with van der Waals surface area (Å²) < 4.78 is 7.38. The zero-order valence-electron chi connectivity index (χ0n) is 16.9. The van der Waals surface area contributed by atoms with Crippen molar-refractivity contribution in [3.05, 3.63) is 24.8 Å². The third-order valence-corrected chi connectivity index (χ3v) is 4.99. The number of aromatic nitrogens is 6. The van der Waals surface area contributed by atoms with Gasteiger partial charge in [0.25, 0.3) is 0 Å². The number of nitrogens with one attached hydrogen (secondary N) is 2. The van der Waals surface area contributed by atoms with Gasteiger partial charge in [0, 0.05) is 38.5 Å². The first-order valence-electron chi connectivity index (χ1n) is 10.1. The number of hydrogen-bond acceptors (Lipinski definition) is 9. The highest BCUT2D eigenvalue weighted by atomic mass is 16.5. The second-order valence-corrected chi connectivity index (χ2v) is 6.90. The van der Waals surface area contributed by atoms with Gasteiger partial charge in [-0.05, 0) is 19.4 Å². The first-order valence-corrected chi connectivity index (χ1v) is 10.1. The molecular formula is C19H27N9O. The van der Waals surface area contributed by atoms with E-state index in [1.165, 1.54) is 6.33 Å². The van der Waals surface area contributed by atoms with E-state index in [0.717, 1.165) is 37.1 Å². The number of ether oxygens (including phenoxy) is 1. The lowest BCUT2D eigenvalue weighted by atomic mass is 10.2. The molecule has 0 aliphatic carbocycles. The van der Waals surface area contributed by atoms with Crippen LogP contribution >= 0.6 is 0 Å². The zero-order chi connectivity index (χ0) is 20.1. The van der Waals surface area contributed by atoms with Crippen molar-refractivity contribution in [3.63, 3.8) is 0 Å². The Kier molecular flexibility index (Phi) is 6.11. The standard InChI is InChI=1S/C19H27N9O/c1-3-14-12-27(8-7-21-14)19-24-15-11-23-28(9-10-29-4-2)17(15)18(26-19)25-16-5-6-20-13-22-16/h5-6,11,13-14,21H,3-4,7-10,12H2,1-2H3,(H,20,22,24,25,26)/t14-/m0/s1. The lowest BCUT2D eigenvalue weighted by Crippen LogP contribution is -2.51. The molecular weight excluding hydrogens is 370 g/mol. The van der Waals surface area contributed by atoms with Crippen LogP contribution in [-0.2, 0) is 11.3 Å². The Bertz CT molecular complexity index is 930. The van der Waals surface area contributed by atoms with Crippen LogP contribution in [0.25, 0.3) is 11.0 Å². The van der Waals surface area contributed by atoms with Crippen LogP contribution in [0, 0.1) is 0 Å². The molecule has 1 aliphatic heterocycles. The second kappa shape index (κ2) is 9.10. The molecule has 1 fully saturated rings. The SMILES string of the molecule is CCOCCn1ncc2nc(N3CCN[C@@H](CC)C3)nc(Nc3ccncn3)c21. The number of rotatable bonds is 8. The van der Waals surface area contributed by atoms with Gasteiger partial charge in [-0.25, -0.2) is 15.0 Å². The fourth-order valence-corrected chi connectivity index (χ4v) is 3.45. The monoisotopic (exact) mass is 397 g/mol. The predicted octanol–water partition coefficient (Wildman–Crippen LogP) is 1.58. The Hall–Kier alpha value is -2.85. The molecule has 0 radical (unpaired) electrons. The average Bonchev–Trinajstić information content (AvgIpc) is 3.18. The fraction of sp³-hybridized carbons (Fsp3) is 0.526. The molecule has 0 unspecified atom stereocenters. The Morgan fingerprint density at radius 1 is 1.31 bits per heavy atom. The molecule has 4 rings (SSSR count). The van der Waals surface area contributed by atoms with Crippen molar-refractivity contribution in [3.8, 4) is 0 Å². The molecule has 10 nitrogen and oxygen atoms in total. The lowest BCUT2D eigenvalue weighted by Gasteiger charge is -2.33. The quantitative estimate of drug-likeness (QED) is 0.548. The molecule has 1 saturated heterocycles. The summed E-state index contributed by atoms with van der Waals surface area (Å²) in [5.41, 5.74) is 1.64. The van der Waals surface area contributed by atoms with Gasteiger partial charge in [0.1, 0.15) is 23.2 Å². The van der Waals surface area contributed by atoms with Crippen LogP contribution in [0.3, 0.4) is 0 Å². The maximum Gasteiger partial charge on any atom is 0.228 e. The molecule has 4 heterocycles. The lowest BCUT2D eigenvalue weighted by molar-refractivity contribution is 0.137. The van der Waals surface area contributed by atoms with Gasteiger partial charge < -0.3 is 20.3 Å². The summed E-state index contributed by atoms with van der Waals surface area (Å²) in [6.45, 7) is 8.73. The van der Waals surface area contributed by atoms with Gasteiger partial charge >= 0.3 is 0 Å². The van der Waals surface area contributed by atoms with E-state index < -0.39 is 0 Å². The van der Waals surface area contributed by atoms with Crippen molar-refractivity contribution in [2.75, 3.05) is 43.1 Å². The van der Waals surface area contributed by atoms with E-state index in [-0.39, 0.29) is 0 Å².